The number of hydrogen-bond acceptors (Lipinski definition) is 9. The Labute approximate surface area is 211 Å². The Hall–Kier alpha value is -4.07. The van der Waals surface area contributed by atoms with Crippen LogP contribution in [0, 0.1) is 5.53 Å². The van der Waals surface area contributed by atoms with E-state index in [0.29, 0.717) is 37.4 Å². The molecule has 0 aliphatic carbocycles. The molecule has 14 heteroatoms. The molecule has 1 aromatic heterocycles. The number of hydrogen-bond donors (Lipinski definition) is 4. The van der Waals surface area contributed by atoms with Gasteiger partial charge in [0.2, 0.25) is 5.91 Å². The molecule has 0 radical (unpaired) electrons. The van der Waals surface area contributed by atoms with Crippen LogP contribution in [-0.4, -0.2) is 55.2 Å². The average molecular weight is 524 g/mol. The molecule has 0 bridgehead atoms. The van der Waals surface area contributed by atoms with Crippen molar-refractivity contribution in [3.05, 3.63) is 59.6 Å². The monoisotopic (exact) mass is 523 g/mol. The molecule has 2 aromatic rings. The molecule has 11 nitrogen and oxygen atoms in total. The minimum Gasteiger partial charge on any atom is -0.406 e. The fraction of sp³-hybridized carbons (Fsp3) is 0.391. The molecule has 0 aliphatic rings. The maximum Gasteiger partial charge on any atom is 0.573 e. The molecule has 1 heterocycles. The largest absolute Gasteiger partial charge is 0.573 e. The maximum absolute atomic E-state index is 12.4. The third kappa shape index (κ3) is 11.9. The van der Waals surface area contributed by atoms with Gasteiger partial charge < -0.3 is 25.4 Å². The first-order chi connectivity index (χ1) is 17.7. The topological polar surface area (TPSA) is 151 Å². The van der Waals surface area contributed by atoms with Crippen LogP contribution in [0.4, 0.5) is 19.0 Å². The van der Waals surface area contributed by atoms with Crippen LogP contribution < -0.4 is 20.7 Å². The molecule has 0 fully saturated rings. The highest BCUT2D eigenvalue weighted by Gasteiger charge is 2.31. The molecule has 2 rings (SSSR count). The van der Waals surface area contributed by atoms with Gasteiger partial charge in [-0.15, -0.1) is 18.3 Å². The predicted molar refractivity (Wildman–Crippen MR) is 127 cm³/mol. The first kappa shape index (κ1) is 29.2. The smallest absolute Gasteiger partial charge is 0.406 e. The SMILES string of the molecule is COCCNC(=O)/C(=C/NCCCCc1ccc(NC(=O)Cc2cccc(OC(F)(F)F)c2)nn1)N=N. The summed E-state index contributed by atoms with van der Waals surface area (Å²) in [6.07, 6.45) is -1.44. The summed E-state index contributed by atoms with van der Waals surface area (Å²) in [7, 11) is 1.52. The van der Waals surface area contributed by atoms with Crippen molar-refractivity contribution >= 4 is 17.6 Å². The van der Waals surface area contributed by atoms with Crippen LogP contribution in [0.2, 0.25) is 0 Å². The summed E-state index contributed by atoms with van der Waals surface area (Å²) < 4.78 is 45.8. The van der Waals surface area contributed by atoms with E-state index in [4.69, 9.17) is 10.3 Å². The van der Waals surface area contributed by atoms with Gasteiger partial charge in [0.25, 0.3) is 5.91 Å². The second-order valence-corrected chi connectivity index (χ2v) is 7.63. The van der Waals surface area contributed by atoms with Gasteiger partial charge in [-0.05, 0) is 49.1 Å². The van der Waals surface area contributed by atoms with Crippen molar-refractivity contribution in [3.8, 4) is 5.75 Å². The lowest BCUT2D eigenvalue weighted by atomic mass is 10.1. The average Bonchev–Trinajstić information content (AvgIpc) is 2.84. The third-order valence-electron chi connectivity index (χ3n) is 4.67. The summed E-state index contributed by atoms with van der Waals surface area (Å²) in [5.41, 5.74) is 8.12. The fourth-order valence-corrected chi connectivity index (χ4v) is 2.99. The van der Waals surface area contributed by atoms with Gasteiger partial charge >= 0.3 is 6.36 Å². The number of nitrogens with one attached hydrogen (secondary N) is 4. The minimum atomic E-state index is -4.81. The van der Waals surface area contributed by atoms with Crippen LogP contribution in [0.15, 0.2) is 53.4 Å². The zero-order valence-corrected chi connectivity index (χ0v) is 20.1. The number of aryl methyl sites for hydroxylation is 1. The zero-order valence-electron chi connectivity index (χ0n) is 20.1. The lowest BCUT2D eigenvalue weighted by Crippen LogP contribution is -2.28. The first-order valence-corrected chi connectivity index (χ1v) is 11.3. The number of alkyl halides is 3. The molecule has 200 valence electrons. The van der Waals surface area contributed by atoms with Crippen molar-refractivity contribution in [1.82, 2.24) is 20.8 Å². The second-order valence-electron chi connectivity index (χ2n) is 7.63. The molecule has 0 saturated carbocycles. The van der Waals surface area contributed by atoms with Gasteiger partial charge in [-0.25, -0.2) is 5.53 Å². The van der Waals surface area contributed by atoms with Gasteiger partial charge in [-0.2, -0.15) is 10.2 Å². The summed E-state index contributed by atoms with van der Waals surface area (Å²) in [6, 6.07) is 8.49. The number of anilines is 1. The van der Waals surface area contributed by atoms with Crippen LogP contribution in [0.25, 0.3) is 0 Å². The molecule has 1 aromatic carbocycles. The highest BCUT2D eigenvalue weighted by Crippen LogP contribution is 2.23. The molecule has 0 saturated heterocycles. The van der Waals surface area contributed by atoms with Crippen molar-refractivity contribution in [2.75, 3.05) is 32.1 Å². The number of carbonyl (C=O) groups is 2. The number of unbranched alkanes of at least 4 members (excludes halogenated alkanes) is 1. The lowest BCUT2D eigenvalue weighted by molar-refractivity contribution is -0.274. The van der Waals surface area contributed by atoms with Gasteiger partial charge in [0.05, 0.1) is 18.7 Å². The van der Waals surface area contributed by atoms with Gasteiger partial charge in [0.15, 0.2) is 11.5 Å². The van der Waals surface area contributed by atoms with E-state index in [2.05, 4.69) is 36.0 Å². The van der Waals surface area contributed by atoms with Crippen LogP contribution in [0.5, 0.6) is 5.75 Å². The number of rotatable bonds is 15. The van der Waals surface area contributed by atoms with Gasteiger partial charge in [0, 0.05) is 26.4 Å². The van der Waals surface area contributed by atoms with Crippen LogP contribution in [-0.2, 0) is 27.2 Å². The zero-order chi connectivity index (χ0) is 27.1. The maximum atomic E-state index is 12.4. The minimum absolute atomic E-state index is 0.0399. The van der Waals surface area contributed by atoms with E-state index in [-0.39, 0.29) is 17.9 Å². The number of benzene rings is 1. The molecular weight excluding hydrogens is 495 g/mol. The Kier molecular flexibility index (Phi) is 11.9. The molecular formula is C23H28F3N7O4. The van der Waals surface area contributed by atoms with E-state index >= 15 is 0 Å². The van der Waals surface area contributed by atoms with E-state index in [1.54, 1.807) is 12.1 Å². The first-order valence-electron chi connectivity index (χ1n) is 11.3. The summed E-state index contributed by atoms with van der Waals surface area (Å²) in [5.74, 6) is -1.11. The van der Waals surface area contributed by atoms with Gasteiger partial charge in [0.1, 0.15) is 5.75 Å². The molecule has 0 aliphatic heterocycles. The van der Waals surface area contributed by atoms with E-state index < -0.39 is 23.9 Å². The Bertz CT molecular complexity index is 1060. The number of halogens is 3. The summed E-state index contributed by atoms with van der Waals surface area (Å²) >= 11 is 0. The Morgan fingerprint density at radius 3 is 2.62 bits per heavy atom. The fourth-order valence-electron chi connectivity index (χ4n) is 2.99. The molecule has 0 unspecified atom stereocenters. The predicted octanol–water partition coefficient (Wildman–Crippen LogP) is 3.10. The summed E-state index contributed by atoms with van der Waals surface area (Å²) in [6.45, 7) is 1.24. The Balaban J connectivity index is 1.71. The highest BCUT2D eigenvalue weighted by atomic mass is 19.4. The number of nitrogens with zero attached hydrogens (tertiary/aromatic N) is 3. The Morgan fingerprint density at radius 1 is 1.14 bits per heavy atom. The molecule has 4 N–H and O–H groups in total. The van der Waals surface area contributed by atoms with E-state index in [1.807, 2.05) is 0 Å². The molecule has 0 atom stereocenters. The lowest BCUT2D eigenvalue weighted by Gasteiger charge is -2.10. The van der Waals surface area contributed by atoms with E-state index in [9.17, 15) is 22.8 Å². The summed E-state index contributed by atoms with van der Waals surface area (Å²) in [4.78, 5) is 24.0. The summed E-state index contributed by atoms with van der Waals surface area (Å²) in [5, 5.41) is 19.3. The number of methoxy groups -OCH3 is 1. The van der Waals surface area contributed by atoms with Gasteiger partial charge in [-0.3, -0.25) is 9.59 Å². The van der Waals surface area contributed by atoms with Crippen LogP contribution in [0.3, 0.4) is 0 Å². The van der Waals surface area contributed by atoms with Crippen molar-refractivity contribution in [3.63, 3.8) is 0 Å². The van der Waals surface area contributed by atoms with Crippen molar-refractivity contribution < 1.29 is 32.2 Å². The normalized spacial score (nSPS) is 11.5. The second kappa shape index (κ2) is 15.1. The molecule has 2 amide bonds. The highest BCUT2D eigenvalue weighted by molar-refractivity contribution is 5.92. The number of carbonyl (C=O) groups excluding carboxylic acids is 2. The standard InChI is InChI=1S/C23H28F3N7O4/c1-36-12-11-29-22(35)19(31-27)15-28-10-3-2-6-17-8-9-20(33-32-17)30-21(34)14-16-5-4-7-18(13-16)37-23(24,25)26/h4-5,7-9,13,15,27-28H,2-3,6,10-12,14H2,1H3,(H,29,35)(H,30,33,34)/b19-15-,31-27?. The number of amides is 2. The van der Waals surface area contributed by atoms with Crippen molar-refractivity contribution in [2.24, 2.45) is 5.11 Å². The Morgan fingerprint density at radius 2 is 1.95 bits per heavy atom. The number of aromatic nitrogens is 2. The van der Waals surface area contributed by atoms with Crippen molar-refractivity contribution in [2.45, 2.75) is 32.0 Å². The number of ether oxygens (including phenoxy) is 2. The van der Waals surface area contributed by atoms with Crippen molar-refractivity contribution in [1.29, 1.82) is 5.53 Å². The van der Waals surface area contributed by atoms with E-state index in [0.717, 1.165) is 25.0 Å². The molecule has 37 heavy (non-hydrogen) atoms. The molecule has 0 spiro atoms. The van der Waals surface area contributed by atoms with Gasteiger partial charge in [-0.1, -0.05) is 12.1 Å². The quantitative estimate of drug-likeness (QED) is 0.159. The van der Waals surface area contributed by atoms with Crippen LogP contribution in [0.1, 0.15) is 24.1 Å². The third-order valence-corrected chi connectivity index (χ3v) is 4.67. The van der Waals surface area contributed by atoms with Crippen LogP contribution >= 0.6 is 0 Å². The van der Waals surface area contributed by atoms with E-state index in [1.165, 1.54) is 25.4 Å².